The predicted octanol–water partition coefficient (Wildman–Crippen LogP) is 3.84. The lowest BCUT2D eigenvalue weighted by atomic mass is 10.1. The molecular formula is C22H29FN2O3S. The Labute approximate surface area is 173 Å². The molecule has 0 atom stereocenters. The molecule has 2 aromatic rings. The van der Waals surface area contributed by atoms with E-state index in [1.807, 2.05) is 20.8 Å². The summed E-state index contributed by atoms with van der Waals surface area (Å²) >= 11 is 0. The van der Waals surface area contributed by atoms with Gasteiger partial charge in [0.15, 0.2) is 0 Å². The van der Waals surface area contributed by atoms with Gasteiger partial charge in [0.2, 0.25) is 15.9 Å². The van der Waals surface area contributed by atoms with E-state index in [1.165, 1.54) is 16.4 Å². The third-order valence-electron chi connectivity index (χ3n) is 4.89. The first-order chi connectivity index (χ1) is 13.8. The van der Waals surface area contributed by atoms with E-state index in [9.17, 15) is 17.6 Å². The molecule has 29 heavy (non-hydrogen) atoms. The third-order valence-corrected chi connectivity index (χ3v) is 6.96. The number of hydrogen-bond donors (Lipinski definition) is 0. The Kier molecular flexibility index (Phi) is 8.34. The van der Waals surface area contributed by atoms with Crippen LogP contribution in [0.25, 0.3) is 0 Å². The van der Waals surface area contributed by atoms with Gasteiger partial charge < -0.3 is 4.90 Å². The van der Waals surface area contributed by atoms with Crippen molar-refractivity contribution in [3.8, 4) is 0 Å². The number of hydrogen-bond acceptors (Lipinski definition) is 3. The summed E-state index contributed by atoms with van der Waals surface area (Å²) in [5.74, 6) is -0.331. The molecule has 0 aliphatic rings. The Balaban J connectivity index is 1.99. The van der Waals surface area contributed by atoms with E-state index in [0.29, 0.717) is 39.0 Å². The number of aryl methyl sites for hydroxylation is 1. The highest BCUT2D eigenvalue weighted by Crippen LogP contribution is 2.17. The maximum Gasteiger partial charge on any atom is 0.243 e. The molecule has 0 aromatic heterocycles. The molecule has 7 heteroatoms. The molecule has 1 amide bonds. The minimum Gasteiger partial charge on any atom is -0.339 e. The molecule has 0 aliphatic carbocycles. The zero-order valence-corrected chi connectivity index (χ0v) is 18.1. The van der Waals surface area contributed by atoms with Crippen LogP contribution in [0, 0.1) is 5.82 Å². The Hall–Kier alpha value is -2.25. The number of carbonyl (C=O) groups excluding carboxylic acids is 1. The van der Waals surface area contributed by atoms with Crippen LogP contribution in [0.1, 0.15) is 38.3 Å². The molecule has 158 valence electrons. The smallest absolute Gasteiger partial charge is 0.243 e. The van der Waals surface area contributed by atoms with E-state index in [-0.39, 0.29) is 16.6 Å². The SMILES string of the molecule is CCN(Cc1cccc(F)c1)C(=O)CCc1ccc(S(=O)(=O)N(CC)CC)cc1. The molecule has 0 radical (unpaired) electrons. The Bertz CT molecular complexity index is 910. The van der Waals surface area contributed by atoms with E-state index >= 15 is 0 Å². The van der Waals surface area contributed by atoms with Gasteiger partial charge >= 0.3 is 0 Å². The molecule has 0 saturated heterocycles. The number of rotatable bonds is 10. The quantitative estimate of drug-likeness (QED) is 0.587. The first-order valence-electron chi connectivity index (χ1n) is 9.93. The summed E-state index contributed by atoms with van der Waals surface area (Å²) in [6, 6.07) is 13.0. The largest absolute Gasteiger partial charge is 0.339 e. The number of sulfonamides is 1. The van der Waals surface area contributed by atoms with Gasteiger partial charge in [-0.05, 0) is 48.7 Å². The number of benzene rings is 2. The van der Waals surface area contributed by atoms with Crippen molar-refractivity contribution in [1.29, 1.82) is 0 Å². The van der Waals surface area contributed by atoms with Gasteiger partial charge in [-0.3, -0.25) is 4.79 Å². The minimum atomic E-state index is -3.48. The van der Waals surface area contributed by atoms with Crippen LogP contribution in [-0.4, -0.2) is 43.2 Å². The van der Waals surface area contributed by atoms with Crippen molar-refractivity contribution < 1.29 is 17.6 Å². The number of carbonyl (C=O) groups is 1. The lowest BCUT2D eigenvalue weighted by Gasteiger charge is -2.21. The standard InChI is InChI=1S/C22H29FN2O3S/c1-4-24(17-19-8-7-9-20(23)16-19)22(26)15-12-18-10-13-21(14-11-18)29(27,28)25(5-2)6-3/h7-11,13-14,16H,4-6,12,15,17H2,1-3H3. The van der Waals surface area contributed by atoms with E-state index in [1.54, 1.807) is 41.3 Å². The molecule has 5 nitrogen and oxygen atoms in total. The summed E-state index contributed by atoms with van der Waals surface area (Å²) < 4.78 is 39.8. The number of amides is 1. The minimum absolute atomic E-state index is 0.0170. The van der Waals surface area contributed by atoms with Crippen molar-refractivity contribution in [2.45, 2.75) is 45.1 Å². The molecule has 0 heterocycles. The fraction of sp³-hybridized carbons (Fsp3) is 0.409. The van der Waals surface area contributed by atoms with Gasteiger partial charge in [0.25, 0.3) is 0 Å². The lowest BCUT2D eigenvalue weighted by molar-refractivity contribution is -0.131. The topological polar surface area (TPSA) is 57.7 Å². The monoisotopic (exact) mass is 420 g/mol. The van der Waals surface area contributed by atoms with Gasteiger partial charge in [0.05, 0.1) is 4.90 Å². The van der Waals surface area contributed by atoms with E-state index in [4.69, 9.17) is 0 Å². The average Bonchev–Trinajstić information content (AvgIpc) is 2.71. The second-order valence-corrected chi connectivity index (χ2v) is 8.71. The second-order valence-electron chi connectivity index (χ2n) is 6.77. The van der Waals surface area contributed by atoms with Crippen LogP contribution in [0.4, 0.5) is 4.39 Å². The first-order valence-corrected chi connectivity index (χ1v) is 11.4. The summed E-state index contributed by atoms with van der Waals surface area (Å²) in [4.78, 5) is 14.5. The molecule has 0 aliphatic heterocycles. The zero-order valence-electron chi connectivity index (χ0n) is 17.3. The first kappa shape index (κ1) is 23.0. The molecule has 0 bridgehead atoms. The van der Waals surface area contributed by atoms with Crippen LogP contribution in [0.3, 0.4) is 0 Å². The van der Waals surface area contributed by atoms with E-state index in [2.05, 4.69) is 0 Å². The van der Waals surface area contributed by atoms with Crippen LogP contribution in [0.15, 0.2) is 53.4 Å². The summed E-state index contributed by atoms with van der Waals surface area (Å²) in [5.41, 5.74) is 1.66. The Morgan fingerprint density at radius 2 is 1.59 bits per heavy atom. The van der Waals surface area contributed by atoms with Crippen molar-refractivity contribution in [2.75, 3.05) is 19.6 Å². The summed E-state index contributed by atoms with van der Waals surface area (Å²) in [6.07, 6.45) is 0.829. The van der Waals surface area contributed by atoms with Crippen LogP contribution in [0.2, 0.25) is 0 Å². The fourth-order valence-electron chi connectivity index (χ4n) is 3.18. The van der Waals surface area contributed by atoms with Crippen molar-refractivity contribution in [3.05, 3.63) is 65.5 Å². The van der Waals surface area contributed by atoms with Crippen molar-refractivity contribution in [1.82, 2.24) is 9.21 Å². The van der Waals surface area contributed by atoms with Crippen LogP contribution in [0.5, 0.6) is 0 Å². The Morgan fingerprint density at radius 1 is 0.931 bits per heavy atom. The molecule has 0 saturated carbocycles. The highest BCUT2D eigenvalue weighted by atomic mass is 32.2. The number of halogens is 1. The van der Waals surface area contributed by atoms with Crippen LogP contribution >= 0.6 is 0 Å². The van der Waals surface area contributed by atoms with Gasteiger partial charge in [-0.25, -0.2) is 12.8 Å². The summed E-state index contributed by atoms with van der Waals surface area (Å²) in [6.45, 7) is 7.27. The average molecular weight is 421 g/mol. The summed E-state index contributed by atoms with van der Waals surface area (Å²) in [7, 11) is -3.48. The number of nitrogens with zero attached hydrogens (tertiary/aromatic N) is 2. The van der Waals surface area contributed by atoms with Gasteiger partial charge in [-0.15, -0.1) is 0 Å². The predicted molar refractivity (Wildman–Crippen MR) is 112 cm³/mol. The van der Waals surface area contributed by atoms with Crippen LogP contribution < -0.4 is 0 Å². The maximum absolute atomic E-state index is 13.4. The van der Waals surface area contributed by atoms with Crippen molar-refractivity contribution in [3.63, 3.8) is 0 Å². The molecule has 0 unspecified atom stereocenters. The second kappa shape index (κ2) is 10.5. The molecule has 0 spiro atoms. The molecule has 0 N–H and O–H groups in total. The molecule has 2 aromatic carbocycles. The van der Waals surface area contributed by atoms with Gasteiger partial charge in [-0.1, -0.05) is 38.1 Å². The van der Waals surface area contributed by atoms with Gasteiger partial charge in [-0.2, -0.15) is 4.31 Å². The Morgan fingerprint density at radius 3 is 2.14 bits per heavy atom. The molecular weight excluding hydrogens is 391 g/mol. The zero-order chi connectivity index (χ0) is 21.4. The van der Waals surface area contributed by atoms with Crippen molar-refractivity contribution >= 4 is 15.9 Å². The molecule has 2 rings (SSSR count). The fourth-order valence-corrected chi connectivity index (χ4v) is 4.64. The van der Waals surface area contributed by atoms with Gasteiger partial charge in [0, 0.05) is 32.6 Å². The van der Waals surface area contributed by atoms with E-state index in [0.717, 1.165) is 11.1 Å². The highest BCUT2D eigenvalue weighted by Gasteiger charge is 2.21. The lowest BCUT2D eigenvalue weighted by Crippen LogP contribution is -2.30. The normalized spacial score (nSPS) is 11.6. The van der Waals surface area contributed by atoms with E-state index < -0.39 is 10.0 Å². The van der Waals surface area contributed by atoms with Crippen LogP contribution in [-0.2, 0) is 27.8 Å². The third kappa shape index (κ3) is 6.11. The highest BCUT2D eigenvalue weighted by molar-refractivity contribution is 7.89. The summed E-state index contributed by atoms with van der Waals surface area (Å²) in [5, 5.41) is 0. The molecule has 0 fully saturated rings. The maximum atomic E-state index is 13.4. The van der Waals surface area contributed by atoms with Crippen molar-refractivity contribution in [2.24, 2.45) is 0 Å². The van der Waals surface area contributed by atoms with Gasteiger partial charge in [0.1, 0.15) is 5.82 Å².